The lowest BCUT2D eigenvalue weighted by atomic mass is 9.92. The van der Waals surface area contributed by atoms with E-state index >= 15 is 0 Å². The molecule has 5 rings (SSSR count). The Morgan fingerprint density at radius 2 is 1.84 bits per heavy atom. The van der Waals surface area contributed by atoms with Gasteiger partial charge in [-0.3, -0.25) is 14.3 Å². The Morgan fingerprint density at radius 3 is 2.58 bits per heavy atom. The van der Waals surface area contributed by atoms with Crippen molar-refractivity contribution in [2.45, 2.75) is 69.7 Å². The highest BCUT2D eigenvalue weighted by molar-refractivity contribution is 6.04. The summed E-state index contributed by atoms with van der Waals surface area (Å²) in [4.78, 5) is 24.7. The fraction of sp³-hybridized carbons (Fsp3) is 0.542. The number of aromatic nitrogens is 3. The molecular formula is C24H30N4O3. The number of hydrogen-bond acceptors (Lipinski definition) is 6. The van der Waals surface area contributed by atoms with Crippen molar-refractivity contribution < 1.29 is 10.2 Å². The van der Waals surface area contributed by atoms with Crippen molar-refractivity contribution in [2.24, 2.45) is 0 Å². The average molecular weight is 423 g/mol. The van der Waals surface area contributed by atoms with Crippen LogP contribution in [0.2, 0.25) is 0 Å². The van der Waals surface area contributed by atoms with Crippen LogP contribution in [-0.2, 0) is 6.54 Å². The molecule has 164 valence electrons. The fourth-order valence-electron chi connectivity index (χ4n) is 5.14. The molecular weight excluding hydrogens is 392 g/mol. The Kier molecular flexibility index (Phi) is 5.28. The molecule has 1 aliphatic carbocycles. The molecule has 7 nitrogen and oxygen atoms in total. The van der Waals surface area contributed by atoms with Gasteiger partial charge in [-0.2, -0.15) is 0 Å². The first-order chi connectivity index (χ1) is 14.9. The first-order valence-electron chi connectivity index (χ1n) is 11.3. The third-order valence-electron chi connectivity index (χ3n) is 7.11. The molecule has 2 aliphatic rings. The van der Waals surface area contributed by atoms with Gasteiger partial charge in [0.05, 0.1) is 11.7 Å². The predicted molar refractivity (Wildman–Crippen MR) is 120 cm³/mol. The predicted octanol–water partition coefficient (Wildman–Crippen LogP) is 2.77. The maximum Gasteiger partial charge on any atom is 0.260 e. The number of aliphatic hydroxyl groups excluding tert-OH is 1. The fourth-order valence-corrected chi connectivity index (χ4v) is 5.14. The van der Waals surface area contributed by atoms with Gasteiger partial charge in [0, 0.05) is 42.6 Å². The van der Waals surface area contributed by atoms with Crippen LogP contribution in [0.15, 0.2) is 35.5 Å². The molecule has 7 heteroatoms. The van der Waals surface area contributed by atoms with Crippen molar-refractivity contribution in [2.75, 3.05) is 13.1 Å². The Labute approximate surface area is 181 Å². The van der Waals surface area contributed by atoms with E-state index in [1.165, 1.54) is 6.33 Å². The minimum atomic E-state index is -0.569. The summed E-state index contributed by atoms with van der Waals surface area (Å²) in [7, 11) is 0. The zero-order chi connectivity index (χ0) is 21.6. The van der Waals surface area contributed by atoms with Gasteiger partial charge >= 0.3 is 0 Å². The van der Waals surface area contributed by atoms with Gasteiger partial charge < -0.3 is 10.2 Å². The minimum absolute atomic E-state index is 0.00832. The molecule has 1 aromatic carbocycles. The Morgan fingerprint density at radius 1 is 1.10 bits per heavy atom. The van der Waals surface area contributed by atoms with Gasteiger partial charge in [0.2, 0.25) is 0 Å². The van der Waals surface area contributed by atoms with Crippen LogP contribution < -0.4 is 5.56 Å². The second kappa shape index (κ2) is 7.97. The van der Waals surface area contributed by atoms with Crippen molar-refractivity contribution in [3.63, 3.8) is 0 Å². The number of rotatable bonds is 3. The average Bonchev–Trinajstić information content (AvgIpc) is 2.77. The Balaban J connectivity index is 1.55. The summed E-state index contributed by atoms with van der Waals surface area (Å²) < 4.78 is 1.84. The van der Waals surface area contributed by atoms with E-state index < -0.39 is 5.60 Å². The number of benzene rings is 1. The smallest absolute Gasteiger partial charge is 0.260 e. The molecule has 2 fully saturated rings. The molecule has 0 atom stereocenters. The molecule has 1 aliphatic heterocycles. The van der Waals surface area contributed by atoms with E-state index in [2.05, 4.69) is 20.9 Å². The number of pyridine rings is 1. The van der Waals surface area contributed by atoms with Gasteiger partial charge in [-0.15, -0.1) is 0 Å². The molecule has 0 radical (unpaired) electrons. The van der Waals surface area contributed by atoms with Crippen molar-refractivity contribution >= 4 is 21.8 Å². The lowest BCUT2D eigenvalue weighted by Gasteiger charge is -2.35. The zero-order valence-electron chi connectivity index (χ0n) is 18.0. The van der Waals surface area contributed by atoms with Crippen LogP contribution >= 0.6 is 0 Å². The van der Waals surface area contributed by atoms with Crippen molar-refractivity contribution in [1.82, 2.24) is 19.4 Å². The maximum atomic E-state index is 13.6. The highest BCUT2D eigenvalue weighted by Crippen LogP contribution is 2.32. The van der Waals surface area contributed by atoms with E-state index in [1.54, 1.807) is 6.20 Å². The standard InChI is InChI=1S/C24H30N4O3/c1-24(31)8-10-27(11-9-24)14-16-2-7-19-20(12-16)23(30)28(17-3-5-18(29)6-4-17)22-21(19)13-25-15-26-22/h2,7,12-13,15,17-18,29,31H,3-6,8-11,14H2,1H3. The highest BCUT2D eigenvalue weighted by atomic mass is 16.3. The van der Waals surface area contributed by atoms with Gasteiger partial charge in [-0.25, -0.2) is 9.97 Å². The minimum Gasteiger partial charge on any atom is -0.393 e. The van der Waals surface area contributed by atoms with Crippen LogP contribution in [0.3, 0.4) is 0 Å². The first-order valence-corrected chi connectivity index (χ1v) is 11.3. The summed E-state index contributed by atoms with van der Waals surface area (Å²) in [5.41, 5.74) is 1.21. The molecule has 3 heterocycles. The third-order valence-corrected chi connectivity index (χ3v) is 7.11. The molecule has 0 bridgehead atoms. The third kappa shape index (κ3) is 3.97. The van der Waals surface area contributed by atoms with Gasteiger partial charge in [-0.05, 0) is 62.5 Å². The number of piperidine rings is 1. The number of nitrogens with zero attached hydrogens (tertiary/aromatic N) is 4. The summed E-state index contributed by atoms with van der Waals surface area (Å²) in [6.45, 7) is 4.38. The summed E-state index contributed by atoms with van der Waals surface area (Å²) in [6.07, 6.45) is 7.53. The van der Waals surface area contributed by atoms with E-state index in [0.29, 0.717) is 23.9 Å². The number of likely N-dealkylation sites (tertiary alicyclic amines) is 1. The van der Waals surface area contributed by atoms with Crippen LogP contribution in [-0.4, -0.2) is 54.4 Å². The molecule has 2 N–H and O–H groups in total. The van der Waals surface area contributed by atoms with E-state index in [4.69, 9.17) is 0 Å². The summed E-state index contributed by atoms with van der Waals surface area (Å²) >= 11 is 0. The van der Waals surface area contributed by atoms with Crippen LogP contribution in [0.1, 0.15) is 57.1 Å². The van der Waals surface area contributed by atoms with Gasteiger partial charge in [0.15, 0.2) is 0 Å². The molecule has 3 aromatic rings. The van der Waals surface area contributed by atoms with E-state index in [1.807, 2.05) is 23.6 Å². The van der Waals surface area contributed by atoms with E-state index in [-0.39, 0.29) is 17.7 Å². The molecule has 31 heavy (non-hydrogen) atoms. The SMILES string of the molecule is CC1(O)CCN(Cc2ccc3c(c2)c(=O)n(C2CCC(O)CC2)c2ncncc32)CC1. The molecule has 0 unspecified atom stereocenters. The highest BCUT2D eigenvalue weighted by Gasteiger charge is 2.28. The monoisotopic (exact) mass is 422 g/mol. The molecule has 2 aromatic heterocycles. The second-order valence-corrected chi connectivity index (χ2v) is 9.55. The summed E-state index contributed by atoms with van der Waals surface area (Å²) in [5.74, 6) is 0. The maximum absolute atomic E-state index is 13.6. The van der Waals surface area contributed by atoms with Crippen molar-refractivity contribution in [1.29, 1.82) is 0 Å². The van der Waals surface area contributed by atoms with Crippen LogP contribution in [0, 0.1) is 0 Å². The number of fused-ring (bicyclic) bond motifs is 3. The molecule has 0 spiro atoms. The van der Waals surface area contributed by atoms with Crippen LogP contribution in [0.25, 0.3) is 21.8 Å². The van der Waals surface area contributed by atoms with Crippen molar-refractivity contribution in [3.05, 3.63) is 46.6 Å². The van der Waals surface area contributed by atoms with E-state index in [9.17, 15) is 15.0 Å². The van der Waals surface area contributed by atoms with Gasteiger partial charge in [0.1, 0.15) is 12.0 Å². The zero-order valence-corrected chi connectivity index (χ0v) is 18.0. The largest absolute Gasteiger partial charge is 0.393 e. The van der Waals surface area contributed by atoms with Crippen molar-refractivity contribution in [3.8, 4) is 0 Å². The van der Waals surface area contributed by atoms with Gasteiger partial charge in [0.25, 0.3) is 5.56 Å². The molecule has 1 saturated carbocycles. The first kappa shape index (κ1) is 20.5. The summed E-state index contributed by atoms with van der Waals surface area (Å²) in [6, 6.07) is 6.17. The van der Waals surface area contributed by atoms with Gasteiger partial charge in [-0.1, -0.05) is 12.1 Å². The quantitative estimate of drug-likeness (QED) is 0.631. The normalized spacial score (nSPS) is 24.6. The Hall–Kier alpha value is -2.35. The number of aliphatic hydroxyl groups is 2. The molecule has 0 amide bonds. The lowest BCUT2D eigenvalue weighted by Crippen LogP contribution is -2.41. The van der Waals surface area contributed by atoms with E-state index in [0.717, 1.165) is 61.7 Å². The summed E-state index contributed by atoms with van der Waals surface area (Å²) in [5, 5.41) is 22.6. The molecule has 1 saturated heterocycles. The van der Waals surface area contributed by atoms with Crippen LogP contribution in [0.4, 0.5) is 0 Å². The lowest BCUT2D eigenvalue weighted by molar-refractivity contribution is -0.00729. The second-order valence-electron chi connectivity index (χ2n) is 9.55. The number of hydrogen-bond donors (Lipinski definition) is 2. The Bertz CT molecular complexity index is 1150. The van der Waals surface area contributed by atoms with Crippen LogP contribution in [0.5, 0.6) is 0 Å². The topological polar surface area (TPSA) is 91.5 Å².